The summed E-state index contributed by atoms with van der Waals surface area (Å²) in [5.74, 6) is -0.595. The maximum absolute atomic E-state index is 11.9. The minimum absolute atomic E-state index is 0.0466. The zero-order valence-electron chi connectivity index (χ0n) is 10.2. The van der Waals surface area contributed by atoms with Crippen molar-refractivity contribution in [1.82, 2.24) is 10.6 Å². The maximum atomic E-state index is 11.9. The van der Waals surface area contributed by atoms with Crippen LogP contribution in [0.15, 0.2) is 0 Å². The van der Waals surface area contributed by atoms with Crippen molar-refractivity contribution in [2.75, 3.05) is 6.54 Å². The van der Waals surface area contributed by atoms with E-state index in [0.717, 1.165) is 25.7 Å². The minimum Gasteiger partial charge on any atom is -0.346 e. The number of alkyl halides is 3. The van der Waals surface area contributed by atoms with Crippen LogP contribution in [0.3, 0.4) is 0 Å². The molecule has 0 radical (unpaired) electrons. The SMILES string of the molecule is CCC1(NC(C)C(=O)NCC(F)(F)F)CCC1. The van der Waals surface area contributed by atoms with E-state index in [9.17, 15) is 18.0 Å². The Morgan fingerprint density at radius 1 is 1.41 bits per heavy atom. The van der Waals surface area contributed by atoms with E-state index in [1.807, 2.05) is 12.2 Å². The number of rotatable bonds is 5. The molecule has 100 valence electrons. The molecule has 2 N–H and O–H groups in total. The lowest BCUT2D eigenvalue weighted by Crippen LogP contribution is -2.58. The van der Waals surface area contributed by atoms with Gasteiger partial charge >= 0.3 is 6.18 Å². The summed E-state index contributed by atoms with van der Waals surface area (Å²) >= 11 is 0. The average molecular weight is 252 g/mol. The third-order valence-electron chi connectivity index (χ3n) is 3.37. The second-order valence-corrected chi connectivity index (χ2v) is 4.69. The summed E-state index contributed by atoms with van der Waals surface area (Å²) in [6.07, 6.45) is -0.378. The standard InChI is InChI=1S/C11H19F3N2O/c1-3-10(5-4-6-10)16-8(2)9(17)15-7-11(12,13)14/h8,16H,3-7H2,1-2H3,(H,15,17). The summed E-state index contributed by atoms with van der Waals surface area (Å²) in [6.45, 7) is 2.35. The van der Waals surface area contributed by atoms with Gasteiger partial charge in [0.15, 0.2) is 0 Å². The van der Waals surface area contributed by atoms with Crippen molar-refractivity contribution in [3.63, 3.8) is 0 Å². The van der Waals surface area contributed by atoms with Crippen molar-refractivity contribution < 1.29 is 18.0 Å². The molecular weight excluding hydrogens is 233 g/mol. The number of halogens is 3. The molecule has 1 aliphatic carbocycles. The number of amides is 1. The monoisotopic (exact) mass is 252 g/mol. The third-order valence-corrected chi connectivity index (χ3v) is 3.37. The molecular formula is C11H19F3N2O. The molecule has 6 heteroatoms. The predicted molar refractivity (Wildman–Crippen MR) is 58.5 cm³/mol. The molecule has 0 aliphatic heterocycles. The Kier molecular flexibility index (Phi) is 4.41. The molecule has 0 spiro atoms. The van der Waals surface area contributed by atoms with Crippen molar-refractivity contribution >= 4 is 5.91 Å². The topological polar surface area (TPSA) is 41.1 Å². The molecule has 1 atom stereocenters. The van der Waals surface area contributed by atoms with Gasteiger partial charge < -0.3 is 10.6 Å². The summed E-state index contributed by atoms with van der Waals surface area (Å²) in [5, 5.41) is 5.03. The molecule has 1 fully saturated rings. The first-order chi connectivity index (χ1) is 7.78. The summed E-state index contributed by atoms with van der Waals surface area (Å²) in [6, 6.07) is -0.586. The lowest BCUT2D eigenvalue weighted by molar-refractivity contribution is -0.139. The van der Waals surface area contributed by atoms with Crippen LogP contribution in [0, 0.1) is 0 Å². The van der Waals surface area contributed by atoms with Crippen molar-refractivity contribution in [2.45, 2.75) is 57.3 Å². The Morgan fingerprint density at radius 3 is 2.35 bits per heavy atom. The van der Waals surface area contributed by atoms with Gasteiger partial charge in [0.1, 0.15) is 6.54 Å². The van der Waals surface area contributed by atoms with Crippen molar-refractivity contribution in [1.29, 1.82) is 0 Å². The van der Waals surface area contributed by atoms with Crippen LogP contribution >= 0.6 is 0 Å². The average Bonchev–Trinajstić information content (AvgIpc) is 2.18. The predicted octanol–water partition coefficient (Wildman–Crippen LogP) is 1.98. The van der Waals surface area contributed by atoms with Gasteiger partial charge in [-0.1, -0.05) is 6.92 Å². The molecule has 0 aromatic carbocycles. The first kappa shape index (κ1) is 14.3. The highest BCUT2D eigenvalue weighted by atomic mass is 19.4. The van der Waals surface area contributed by atoms with Crippen LogP contribution in [0.5, 0.6) is 0 Å². The van der Waals surface area contributed by atoms with Crippen LogP contribution < -0.4 is 10.6 Å². The largest absolute Gasteiger partial charge is 0.405 e. The van der Waals surface area contributed by atoms with Gasteiger partial charge in [0.25, 0.3) is 0 Å². The van der Waals surface area contributed by atoms with Gasteiger partial charge in [-0.05, 0) is 32.6 Å². The van der Waals surface area contributed by atoms with Crippen LogP contribution in [0.25, 0.3) is 0 Å². The molecule has 1 unspecified atom stereocenters. The van der Waals surface area contributed by atoms with Crippen LogP contribution in [-0.2, 0) is 4.79 Å². The molecule has 0 aromatic rings. The summed E-state index contributed by atoms with van der Waals surface area (Å²) < 4.78 is 35.8. The highest BCUT2D eigenvalue weighted by Gasteiger charge is 2.37. The lowest BCUT2D eigenvalue weighted by Gasteiger charge is -2.44. The van der Waals surface area contributed by atoms with Gasteiger partial charge in [0.05, 0.1) is 6.04 Å². The molecule has 1 aliphatic rings. The minimum atomic E-state index is -4.35. The summed E-state index contributed by atoms with van der Waals surface area (Å²) in [7, 11) is 0. The fourth-order valence-corrected chi connectivity index (χ4v) is 2.07. The van der Waals surface area contributed by atoms with E-state index in [2.05, 4.69) is 5.32 Å². The van der Waals surface area contributed by atoms with Gasteiger partial charge in [-0.15, -0.1) is 0 Å². The first-order valence-corrected chi connectivity index (χ1v) is 5.90. The highest BCUT2D eigenvalue weighted by Crippen LogP contribution is 2.34. The zero-order valence-corrected chi connectivity index (χ0v) is 10.2. The van der Waals surface area contributed by atoms with E-state index < -0.39 is 24.7 Å². The van der Waals surface area contributed by atoms with Crippen molar-refractivity contribution in [3.05, 3.63) is 0 Å². The van der Waals surface area contributed by atoms with E-state index in [0.29, 0.717) is 0 Å². The quantitative estimate of drug-likeness (QED) is 0.785. The van der Waals surface area contributed by atoms with Crippen LogP contribution in [0.4, 0.5) is 13.2 Å². The van der Waals surface area contributed by atoms with E-state index in [1.54, 1.807) is 6.92 Å². The number of hydrogen-bond donors (Lipinski definition) is 2. The zero-order chi connectivity index (χ0) is 13.1. The van der Waals surface area contributed by atoms with E-state index in [1.165, 1.54) is 0 Å². The molecule has 0 saturated heterocycles. The van der Waals surface area contributed by atoms with E-state index in [4.69, 9.17) is 0 Å². The van der Waals surface area contributed by atoms with Crippen LogP contribution in [0.1, 0.15) is 39.5 Å². The van der Waals surface area contributed by atoms with Gasteiger partial charge in [-0.25, -0.2) is 0 Å². The summed E-state index contributed by atoms with van der Waals surface area (Å²) in [5.41, 5.74) is -0.0466. The second-order valence-electron chi connectivity index (χ2n) is 4.69. The molecule has 17 heavy (non-hydrogen) atoms. The molecule has 0 heterocycles. The molecule has 1 rings (SSSR count). The van der Waals surface area contributed by atoms with E-state index in [-0.39, 0.29) is 5.54 Å². The normalized spacial score (nSPS) is 20.5. The maximum Gasteiger partial charge on any atom is 0.405 e. The molecule has 0 aromatic heterocycles. The van der Waals surface area contributed by atoms with Gasteiger partial charge in [0.2, 0.25) is 5.91 Å². The molecule has 3 nitrogen and oxygen atoms in total. The molecule has 0 bridgehead atoms. The fourth-order valence-electron chi connectivity index (χ4n) is 2.07. The van der Waals surface area contributed by atoms with Crippen molar-refractivity contribution in [3.8, 4) is 0 Å². The number of nitrogens with one attached hydrogen (secondary N) is 2. The summed E-state index contributed by atoms with van der Waals surface area (Å²) in [4.78, 5) is 11.4. The Bertz CT molecular complexity index is 269. The number of carbonyl (C=O) groups excluding carboxylic acids is 1. The molecule has 1 saturated carbocycles. The van der Waals surface area contributed by atoms with Crippen molar-refractivity contribution in [2.24, 2.45) is 0 Å². The second kappa shape index (κ2) is 5.25. The Hall–Kier alpha value is -0.780. The number of carbonyl (C=O) groups is 1. The Balaban J connectivity index is 2.36. The fraction of sp³-hybridized carbons (Fsp3) is 0.909. The van der Waals surface area contributed by atoms with Gasteiger partial charge in [-0.3, -0.25) is 4.79 Å². The number of hydrogen-bond acceptors (Lipinski definition) is 2. The Labute approximate surface area is 99.1 Å². The van der Waals surface area contributed by atoms with Gasteiger partial charge in [0, 0.05) is 5.54 Å². The molecule has 1 amide bonds. The van der Waals surface area contributed by atoms with E-state index >= 15 is 0 Å². The van der Waals surface area contributed by atoms with Gasteiger partial charge in [-0.2, -0.15) is 13.2 Å². The Morgan fingerprint density at radius 2 is 2.00 bits per heavy atom. The lowest BCUT2D eigenvalue weighted by atomic mass is 9.74. The van der Waals surface area contributed by atoms with Crippen LogP contribution in [0.2, 0.25) is 0 Å². The third kappa shape index (κ3) is 4.18. The smallest absolute Gasteiger partial charge is 0.346 e. The van der Waals surface area contributed by atoms with Crippen LogP contribution in [-0.4, -0.2) is 30.2 Å². The first-order valence-electron chi connectivity index (χ1n) is 5.90. The highest BCUT2D eigenvalue weighted by molar-refractivity contribution is 5.81.